The summed E-state index contributed by atoms with van der Waals surface area (Å²) in [6, 6.07) is 7.76. The summed E-state index contributed by atoms with van der Waals surface area (Å²) in [6.45, 7) is 4.56. The number of furan rings is 2. The number of unbranched alkanes of at least 4 members (excludes halogenated alkanes) is 11. The van der Waals surface area contributed by atoms with Gasteiger partial charge in [0, 0.05) is 5.92 Å². The van der Waals surface area contributed by atoms with Gasteiger partial charge in [0.15, 0.2) is 0 Å². The summed E-state index contributed by atoms with van der Waals surface area (Å²) >= 11 is 0. The van der Waals surface area contributed by atoms with Gasteiger partial charge in [0.2, 0.25) is 0 Å². The minimum Gasteiger partial charge on any atom is -0.473 e. The van der Waals surface area contributed by atoms with Gasteiger partial charge in [-0.1, -0.05) is 90.9 Å². The van der Waals surface area contributed by atoms with Crippen molar-refractivity contribution in [3.63, 3.8) is 0 Å². The topological polar surface area (TPSA) is 26.3 Å². The molecule has 0 N–H and O–H groups in total. The van der Waals surface area contributed by atoms with E-state index in [-0.39, 0.29) is 0 Å². The van der Waals surface area contributed by atoms with E-state index in [0.717, 1.165) is 5.76 Å². The van der Waals surface area contributed by atoms with Crippen LogP contribution in [0.25, 0.3) is 0 Å². The molecule has 2 aromatic heterocycles. The van der Waals surface area contributed by atoms with Gasteiger partial charge in [-0.3, -0.25) is 0 Å². The van der Waals surface area contributed by atoms with Crippen LogP contribution in [-0.4, -0.2) is 0 Å². The van der Waals surface area contributed by atoms with Crippen LogP contribution in [0.1, 0.15) is 109 Å². The lowest BCUT2D eigenvalue weighted by molar-refractivity contribution is 0.447. The van der Waals surface area contributed by atoms with Crippen LogP contribution < -0.4 is 0 Å². The van der Waals surface area contributed by atoms with E-state index in [0.29, 0.717) is 5.92 Å². The smallest absolute Gasteiger partial charge is 0.106 e. The van der Waals surface area contributed by atoms with Crippen LogP contribution in [0.2, 0.25) is 0 Å². The molecular weight excluding hydrogens is 320 g/mol. The Bertz CT molecular complexity index is 441. The van der Waals surface area contributed by atoms with Gasteiger partial charge in [0.25, 0.3) is 0 Å². The van der Waals surface area contributed by atoms with Gasteiger partial charge in [-0.25, -0.2) is 0 Å². The van der Waals surface area contributed by atoms with Crippen LogP contribution in [0.5, 0.6) is 0 Å². The van der Waals surface area contributed by atoms with E-state index in [1.165, 1.54) is 83.5 Å². The Hall–Kier alpha value is -1.44. The van der Waals surface area contributed by atoms with Crippen molar-refractivity contribution in [2.24, 2.45) is 0 Å². The van der Waals surface area contributed by atoms with Crippen LogP contribution in [0, 0.1) is 0 Å². The normalized spacial score (nSPS) is 11.8. The van der Waals surface area contributed by atoms with Crippen molar-refractivity contribution in [3.8, 4) is 0 Å². The van der Waals surface area contributed by atoms with E-state index < -0.39 is 0 Å². The third-order valence-electron chi connectivity index (χ3n) is 4.94. The highest BCUT2D eigenvalue weighted by Crippen LogP contribution is 2.22. The SMILES string of the molecule is CCCCCCCCCCCCCCC(C)c1ccco1.c1ccoc1. The first kappa shape index (κ1) is 22.6. The van der Waals surface area contributed by atoms with Crippen molar-refractivity contribution in [3.05, 3.63) is 48.8 Å². The molecule has 2 rings (SSSR count). The van der Waals surface area contributed by atoms with Gasteiger partial charge in [-0.2, -0.15) is 0 Å². The molecule has 2 heterocycles. The fourth-order valence-corrected chi connectivity index (χ4v) is 3.23. The third kappa shape index (κ3) is 12.9. The first-order chi connectivity index (χ1) is 12.8. The van der Waals surface area contributed by atoms with Crippen molar-refractivity contribution in [1.29, 1.82) is 0 Å². The average molecular weight is 361 g/mol. The minimum absolute atomic E-state index is 0.586. The van der Waals surface area contributed by atoms with Gasteiger partial charge in [-0.05, 0) is 30.7 Å². The zero-order chi connectivity index (χ0) is 18.7. The van der Waals surface area contributed by atoms with E-state index >= 15 is 0 Å². The lowest BCUT2D eigenvalue weighted by Gasteiger charge is -2.08. The molecule has 1 unspecified atom stereocenters. The second-order valence-corrected chi connectivity index (χ2v) is 7.39. The third-order valence-corrected chi connectivity index (χ3v) is 4.94. The number of hydrogen-bond acceptors (Lipinski definition) is 2. The number of rotatable bonds is 14. The van der Waals surface area contributed by atoms with Crippen LogP contribution in [0.4, 0.5) is 0 Å². The fourth-order valence-electron chi connectivity index (χ4n) is 3.23. The first-order valence-corrected chi connectivity index (χ1v) is 10.8. The molecule has 26 heavy (non-hydrogen) atoms. The predicted molar refractivity (Wildman–Crippen MR) is 112 cm³/mol. The Morgan fingerprint density at radius 2 is 1.23 bits per heavy atom. The lowest BCUT2D eigenvalue weighted by atomic mass is 9.99. The Balaban J connectivity index is 0.000000577. The van der Waals surface area contributed by atoms with Gasteiger partial charge in [-0.15, -0.1) is 0 Å². The molecule has 0 aliphatic rings. The molecular formula is C24H40O2. The maximum atomic E-state index is 5.45. The van der Waals surface area contributed by atoms with Crippen molar-refractivity contribution in [1.82, 2.24) is 0 Å². The van der Waals surface area contributed by atoms with Crippen LogP contribution in [-0.2, 0) is 0 Å². The standard InChI is InChI=1S/C20H36O.C4H4O/c1-3-4-5-6-7-8-9-10-11-12-13-14-16-19(2)20-17-15-18-21-20;1-2-4-5-3-1/h15,17-19H,3-14,16H2,1-2H3;1-4H. The minimum atomic E-state index is 0.586. The van der Waals surface area contributed by atoms with Crippen LogP contribution in [0.3, 0.4) is 0 Å². The largest absolute Gasteiger partial charge is 0.473 e. The molecule has 0 spiro atoms. The molecule has 2 aromatic rings. The highest BCUT2D eigenvalue weighted by Gasteiger charge is 2.07. The lowest BCUT2D eigenvalue weighted by Crippen LogP contribution is -1.91. The Morgan fingerprint density at radius 3 is 1.65 bits per heavy atom. The number of hydrogen-bond donors (Lipinski definition) is 0. The van der Waals surface area contributed by atoms with Crippen molar-refractivity contribution < 1.29 is 8.83 Å². The summed E-state index contributed by atoms with van der Waals surface area (Å²) in [4.78, 5) is 0. The summed E-state index contributed by atoms with van der Waals surface area (Å²) in [5.74, 6) is 1.74. The molecule has 0 aromatic carbocycles. The molecule has 0 saturated carbocycles. The highest BCUT2D eigenvalue weighted by atomic mass is 16.3. The molecule has 0 fully saturated rings. The van der Waals surface area contributed by atoms with Gasteiger partial charge >= 0.3 is 0 Å². The second kappa shape index (κ2) is 17.0. The van der Waals surface area contributed by atoms with Gasteiger partial charge in [0.05, 0.1) is 18.8 Å². The van der Waals surface area contributed by atoms with Gasteiger partial charge in [0.1, 0.15) is 5.76 Å². The van der Waals surface area contributed by atoms with Gasteiger partial charge < -0.3 is 8.83 Å². The Kier molecular flexibility index (Phi) is 14.8. The van der Waals surface area contributed by atoms with E-state index in [2.05, 4.69) is 24.3 Å². The molecule has 0 amide bonds. The molecule has 0 aliphatic heterocycles. The zero-order valence-corrected chi connectivity index (χ0v) is 17.1. The Morgan fingerprint density at radius 1 is 0.692 bits per heavy atom. The molecule has 0 aliphatic carbocycles. The van der Waals surface area contributed by atoms with E-state index in [4.69, 9.17) is 4.42 Å². The average Bonchev–Trinajstić information content (AvgIpc) is 3.38. The summed E-state index contributed by atoms with van der Waals surface area (Å²) in [6.07, 6.45) is 23.4. The second-order valence-electron chi connectivity index (χ2n) is 7.39. The van der Waals surface area contributed by atoms with Crippen molar-refractivity contribution in [2.75, 3.05) is 0 Å². The summed E-state index contributed by atoms with van der Waals surface area (Å²) in [5.41, 5.74) is 0. The fraction of sp³-hybridized carbons (Fsp3) is 0.667. The molecule has 2 nitrogen and oxygen atoms in total. The predicted octanol–water partition coefficient (Wildman–Crippen LogP) is 8.75. The Labute approximate surface area is 161 Å². The summed E-state index contributed by atoms with van der Waals surface area (Å²) in [5, 5.41) is 0. The molecule has 0 radical (unpaired) electrons. The monoisotopic (exact) mass is 360 g/mol. The van der Waals surface area contributed by atoms with E-state index in [1.54, 1.807) is 18.8 Å². The molecule has 2 heteroatoms. The first-order valence-electron chi connectivity index (χ1n) is 10.8. The van der Waals surface area contributed by atoms with Crippen molar-refractivity contribution >= 4 is 0 Å². The quantitative estimate of drug-likeness (QED) is 0.315. The van der Waals surface area contributed by atoms with E-state index in [9.17, 15) is 0 Å². The van der Waals surface area contributed by atoms with Crippen LogP contribution >= 0.6 is 0 Å². The van der Waals surface area contributed by atoms with Crippen molar-refractivity contribution in [2.45, 2.75) is 103 Å². The molecule has 148 valence electrons. The maximum absolute atomic E-state index is 5.45. The molecule has 0 saturated heterocycles. The molecule has 1 atom stereocenters. The highest BCUT2D eigenvalue weighted by molar-refractivity contribution is 5.03. The summed E-state index contributed by atoms with van der Waals surface area (Å²) in [7, 11) is 0. The van der Waals surface area contributed by atoms with E-state index in [1.807, 2.05) is 18.2 Å². The zero-order valence-electron chi connectivity index (χ0n) is 17.1. The summed E-state index contributed by atoms with van der Waals surface area (Å²) < 4.78 is 10.0. The maximum Gasteiger partial charge on any atom is 0.106 e. The van der Waals surface area contributed by atoms with Crippen LogP contribution in [0.15, 0.2) is 51.9 Å². The molecule has 0 bridgehead atoms.